The molecule has 0 aromatic heterocycles. The van der Waals surface area contributed by atoms with Gasteiger partial charge in [-0.25, -0.2) is 0 Å². The maximum absolute atomic E-state index is 13.4. The summed E-state index contributed by atoms with van der Waals surface area (Å²) in [5, 5.41) is 11.7. The van der Waals surface area contributed by atoms with Gasteiger partial charge in [0.2, 0.25) is 17.7 Å². The standard InChI is InChI=1S/C23H37F3N4O6/c1-7-10-30(21(36)23(24,25)26)22(4,5)20(35)28(6)17(14(2)3)18(33)27-15(13-16(31)32)19(34)29-11-8-9-12-29/h14-15,17H,7-13H2,1-6H3,(H,27,33)(H,31,32)/t15-,17-/m0/s1. The largest absolute Gasteiger partial charge is 0.481 e. The van der Waals surface area contributed by atoms with Crippen LogP contribution in [0.25, 0.3) is 0 Å². The Morgan fingerprint density at radius 3 is 1.97 bits per heavy atom. The van der Waals surface area contributed by atoms with Crippen molar-refractivity contribution in [3.63, 3.8) is 0 Å². The molecule has 1 saturated heterocycles. The van der Waals surface area contributed by atoms with E-state index < -0.39 is 65.7 Å². The minimum atomic E-state index is -5.19. The summed E-state index contributed by atoms with van der Waals surface area (Å²) in [4.78, 5) is 65.7. The second-order valence-electron chi connectivity index (χ2n) is 9.81. The third-order valence-electron chi connectivity index (χ3n) is 6.18. The zero-order valence-electron chi connectivity index (χ0n) is 21.6. The molecule has 0 aliphatic carbocycles. The van der Waals surface area contributed by atoms with Crippen molar-refractivity contribution in [3.05, 3.63) is 0 Å². The molecule has 0 bridgehead atoms. The van der Waals surface area contributed by atoms with Crippen molar-refractivity contribution in [2.45, 2.75) is 84.1 Å². The fourth-order valence-electron chi connectivity index (χ4n) is 4.40. The minimum absolute atomic E-state index is 0.159. The van der Waals surface area contributed by atoms with Crippen molar-refractivity contribution < 1.29 is 42.3 Å². The summed E-state index contributed by atoms with van der Waals surface area (Å²) in [6, 6.07) is -2.61. The van der Waals surface area contributed by atoms with Crippen molar-refractivity contribution in [2.24, 2.45) is 5.92 Å². The molecule has 36 heavy (non-hydrogen) atoms. The molecule has 0 radical (unpaired) electrons. The van der Waals surface area contributed by atoms with E-state index in [1.807, 2.05) is 0 Å². The number of halogens is 3. The molecule has 1 fully saturated rings. The number of nitrogens with one attached hydrogen (secondary N) is 1. The molecule has 0 saturated carbocycles. The summed E-state index contributed by atoms with van der Waals surface area (Å²) in [7, 11) is 1.23. The number of alkyl halides is 3. The van der Waals surface area contributed by atoms with Crippen molar-refractivity contribution >= 4 is 29.6 Å². The van der Waals surface area contributed by atoms with Gasteiger partial charge in [0.1, 0.15) is 17.6 Å². The summed E-state index contributed by atoms with van der Waals surface area (Å²) in [5.74, 6) is -6.31. The van der Waals surface area contributed by atoms with Crippen LogP contribution < -0.4 is 5.32 Å². The molecule has 0 aromatic carbocycles. The van der Waals surface area contributed by atoms with Gasteiger partial charge < -0.3 is 25.1 Å². The normalized spacial score (nSPS) is 15.9. The smallest absolute Gasteiger partial charge is 0.471 e. The number of carboxylic acids is 1. The van der Waals surface area contributed by atoms with Crippen molar-refractivity contribution in [1.29, 1.82) is 0 Å². The molecule has 1 rings (SSSR count). The number of likely N-dealkylation sites (N-methyl/N-ethyl adjacent to an activating group) is 1. The van der Waals surface area contributed by atoms with Gasteiger partial charge >= 0.3 is 18.1 Å². The highest BCUT2D eigenvalue weighted by molar-refractivity contribution is 5.97. The van der Waals surface area contributed by atoms with Crippen molar-refractivity contribution in [3.8, 4) is 0 Å². The monoisotopic (exact) mass is 522 g/mol. The zero-order chi connectivity index (χ0) is 28.0. The third kappa shape index (κ3) is 7.57. The molecule has 0 aromatic rings. The second-order valence-corrected chi connectivity index (χ2v) is 9.81. The van der Waals surface area contributed by atoms with E-state index in [1.165, 1.54) is 25.8 Å². The minimum Gasteiger partial charge on any atom is -0.481 e. The molecule has 2 N–H and O–H groups in total. The lowest BCUT2D eigenvalue weighted by atomic mass is 9.95. The van der Waals surface area contributed by atoms with Crippen LogP contribution in [0.15, 0.2) is 0 Å². The van der Waals surface area contributed by atoms with Crippen LogP contribution in [0.2, 0.25) is 0 Å². The second kappa shape index (κ2) is 12.4. The van der Waals surface area contributed by atoms with Crippen LogP contribution in [0.1, 0.15) is 60.3 Å². The molecule has 1 aliphatic rings. The quantitative estimate of drug-likeness (QED) is 0.425. The number of rotatable bonds is 11. The Labute approximate surface area is 209 Å². The fourth-order valence-corrected chi connectivity index (χ4v) is 4.40. The van der Waals surface area contributed by atoms with E-state index in [-0.39, 0.29) is 13.0 Å². The summed E-state index contributed by atoms with van der Waals surface area (Å²) in [5.41, 5.74) is -1.95. The molecule has 10 nitrogen and oxygen atoms in total. The van der Waals surface area contributed by atoms with E-state index in [2.05, 4.69) is 5.32 Å². The summed E-state index contributed by atoms with van der Waals surface area (Å²) in [6.45, 7) is 7.63. The lowest BCUT2D eigenvalue weighted by molar-refractivity contribution is -0.193. The van der Waals surface area contributed by atoms with Gasteiger partial charge in [-0.2, -0.15) is 13.2 Å². The zero-order valence-corrected chi connectivity index (χ0v) is 21.6. The van der Waals surface area contributed by atoms with Gasteiger partial charge in [0.15, 0.2) is 0 Å². The van der Waals surface area contributed by atoms with Gasteiger partial charge in [0, 0.05) is 26.7 Å². The number of carboxylic acid groups (broad SMARTS) is 1. The van der Waals surface area contributed by atoms with E-state index >= 15 is 0 Å². The topological polar surface area (TPSA) is 127 Å². The predicted molar refractivity (Wildman–Crippen MR) is 124 cm³/mol. The van der Waals surface area contributed by atoms with E-state index in [9.17, 15) is 42.3 Å². The van der Waals surface area contributed by atoms with Gasteiger partial charge in [-0.05, 0) is 39.0 Å². The molecule has 4 amide bonds. The molecular formula is C23H37F3N4O6. The van der Waals surface area contributed by atoms with Crippen LogP contribution in [0.3, 0.4) is 0 Å². The summed E-state index contributed by atoms with van der Waals surface area (Å²) >= 11 is 0. The first kappa shape index (κ1) is 31.2. The molecule has 1 aliphatic heterocycles. The van der Waals surface area contributed by atoms with E-state index in [0.29, 0.717) is 18.0 Å². The van der Waals surface area contributed by atoms with Crippen LogP contribution in [0.5, 0.6) is 0 Å². The van der Waals surface area contributed by atoms with Gasteiger partial charge in [-0.1, -0.05) is 20.8 Å². The average Bonchev–Trinajstić information content (AvgIpc) is 3.29. The van der Waals surface area contributed by atoms with Crippen LogP contribution in [0.4, 0.5) is 13.2 Å². The van der Waals surface area contributed by atoms with Crippen LogP contribution >= 0.6 is 0 Å². The fraction of sp³-hybridized carbons (Fsp3) is 0.783. The lowest BCUT2D eigenvalue weighted by Gasteiger charge is -2.42. The number of hydrogen-bond donors (Lipinski definition) is 2. The Morgan fingerprint density at radius 1 is 1.03 bits per heavy atom. The van der Waals surface area contributed by atoms with Crippen LogP contribution in [-0.4, -0.2) is 99.9 Å². The molecule has 2 atom stereocenters. The Balaban J connectivity index is 3.23. The van der Waals surface area contributed by atoms with E-state index in [4.69, 9.17) is 0 Å². The highest BCUT2D eigenvalue weighted by Crippen LogP contribution is 2.27. The molecule has 13 heteroatoms. The summed E-state index contributed by atoms with van der Waals surface area (Å²) in [6.07, 6.45) is -4.19. The maximum Gasteiger partial charge on any atom is 0.471 e. The van der Waals surface area contributed by atoms with Gasteiger partial charge in [-0.3, -0.25) is 24.0 Å². The van der Waals surface area contributed by atoms with Gasteiger partial charge in [0.05, 0.1) is 6.42 Å². The lowest BCUT2D eigenvalue weighted by Crippen LogP contribution is -2.64. The predicted octanol–water partition coefficient (Wildman–Crippen LogP) is 1.63. The Hall–Kier alpha value is -2.86. The Morgan fingerprint density at radius 2 is 1.56 bits per heavy atom. The van der Waals surface area contributed by atoms with Crippen molar-refractivity contribution in [2.75, 3.05) is 26.7 Å². The molecule has 206 valence electrons. The first-order valence-electron chi connectivity index (χ1n) is 11.9. The van der Waals surface area contributed by atoms with Crippen molar-refractivity contribution in [1.82, 2.24) is 20.0 Å². The Bertz CT molecular complexity index is 840. The number of hydrogen-bond acceptors (Lipinski definition) is 5. The molecule has 1 heterocycles. The summed E-state index contributed by atoms with van der Waals surface area (Å²) < 4.78 is 39.7. The van der Waals surface area contributed by atoms with E-state index in [1.54, 1.807) is 20.8 Å². The molecule has 0 unspecified atom stereocenters. The average molecular weight is 523 g/mol. The number of likely N-dealkylation sites (tertiary alicyclic amines) is 1. The number of carbonyl (C=O) groups is 5. The SMILES string of the molecule is CCCN(C(=O)C(F)(F)F)C(C)(C)C(=O)N(C)[C@H](C(=O)N[C@@H](CC(=O)O)C(=O)N1CCCC1)C(C)C. The maximum atomic E-state index is 13.4. The highest BCUT2D eigenvalue weighted by Gasteiger charge is 2.50. The van der Waals surface area contributed by atoms with Gasteiger partial charge in [0.25, 0.3) is 0 Å². The number of nitrogens with zero attached hydrogens (tertiary/aromatic N) is 3. The Kier molecular flexibility index (Phi) is 10.7. The first-order valence-corrected chi connectivity index (χ1v) is 11.9. The molecule has 0 spiro atoms. The third-order valence-corrected chi connectivity index (χ3v) is 6.18. The number of aliphatic carboxylic acids is 1. The number of amides is 4. The molecular weight excluding hydrogens is 485 g/mol. The highest BCUT2D eigenvalue weighted by atomic mass is 19.4. The first-order chi connectivity index (χ1) is 16.5. The van der Waals surface area contributed by atoms with Gasteiger partial charge in [-0.15, -0.1) is 0 Å². The van der Waals surface area contributed by atoms with Crippen LogP contribution in [0, 0.1) is 5.92 Å². The number of carbonyl (C=O) groups excluding carboxylic acids is 4. The van der Waals surface area contributed by atoms with E-state index in [0.717, 1.165) is 17.7 Å². The van der Waals surface area contributed by atoms with Crippen LogP contribution in [-0.2, 0) is 24.0 Å².